The van der Waals surface area contributed by atoms with Crippen molar-refractivity contribution in [2.75, 3.05) is 0 Å². The number of hydrogen-bond donors (Lipinski definition) is 0. The molecule has 2 unspecified atom stereocenters. The summed E-state index contributed by atoms with van der Waals surface area (Å²) in [4.78, 5) is 0. The third-order valence-electron chi connectivity index (χ3n) is 4.45. The molecular weight excluding hydrogens is 327 g/mol. The molecule has 0 fully saturated rings. The summed E-state index contributed by atoms with van der Waals surface area (Å²) in [6.07, 6.45) is 0. The third kappa shape index (κ3) is 3.89. The molecule has 0 radical (unpaired) electrons. The fourth-order valence-electron chi connectivity index (χ4n) is 3.17. The molecule has 0 bridgehead atoms. The van der Waals surface area contributed by atoms with Crippen LogP contribution in [0, 0.1) is 0 Å². The fraction of sp³-hybridized carbons (Fsp3) is 0.100. The zero-order valence-electron chi connectivity index (χ0n) is 13.8. The van der Waals surface area contributed by atoms with Crippen molar-refractivity contribution < 1.29 is 0 Å². The zero-order chi connectivity index (χ0) is 16.1. The molecule has 0 nitrogen and oxygen atoms in total. The quantitative estimate of drug-likeness (QED) is 0.489. The van der Waals surface area contributed by atoms with Crippen molar-refractivity contribution in [1.29, 1.82) is 0 Å². The SMILES string of the molecule is C[SiH](c1ccccc1)P(c1ccccc1)[SiH](C)c1ccccc1. The Labute approximate surface area is 143 Å². The number of rotatable bonds is 5. The van der Waals surface area contributed by atoms with Crippen molar-refractivity contribution >= 4 is 39.6 Å². The van der Waals surface area contributed by atoms with Gasteiger partial charge in [0, 0.05) is 0 Å². The zero-order valence-corrected chi connectivity index (χ0v) is 17.0. The molecule has 0 aliphatic carbocycles. The van der Waals surface area contributed by atoms with Crippen LogP contribution in [-0.4, -0.2) is 16.9 Å². The second-order valence-electron chi connectivity index (χ2n) is 5.92. The summed E-state index contributed by atoms with van der Waals surface area (Å²) in [7, 11) is -2.06. The minimum atomic E-state index is -1.00. The Morgan fingerprint density at radius 3 is 1.26 bits per heavy atom. The molecule has 0 aliphatic rings. The van der Waals surface area contributed by atoms with Crippen LogP contribution < -0.4 is 15.7 Å². The molecule has 3 heteroatoms. The Morgan fingerprint density at radius 2 is 0.870 bits per heavy atom. The Kier molecular flexibility index (Phi) is 5.61. The number of hydrogen-bond acceptors (Lipinski definition) is 0. The first-order valence-corrected chi connectivity index (χ1v) is 16.2. The summed E-state index contributed by atoms with van der Waals surface area (Å²) in [6.45, 7) is 5.11. The minimum absolute atomic E-state index is 0.0530. The van der Waals surface area contributed by atoms with Gasteiger partial charge in [0.05, 0.1) is 16.9 Å². The topological polar surface area (TPSA) is 0 Å². The van der Waals surface area contributed by atoms with Gasteiger partial charge in [0.25, 0.3) is 0 Å². The van der Waals surface area contributed by atoms with Crippen LogP contribution in [0.3, 0.4) is 0 Å². The van der Waals surface area contributed by atoms with Crippen molar-refractivity contribution in [2.45, 2.75) is 13.1 Å². The summed E-state index contributed by atoms with van der Waals surface area (Å²) < 4.78 is 0. The molecule has 0 saturated heterocycles. The van der Waals surface area contributed by atoms with Gasteiger partial charge >= 0.3 is 0 Å². The highest BCUT2D eigenvalue weighted by atomic mass is 31.6. The van der Waals surface area contributed by atoms with Gasteiger partial charge in [0.1, 0.15) is 0 Å². The van der Waals surface area contributed by atoms with Crippen molar-refractivity contribution in [3.05, 3.63) is 91.0 Å². The average molecular weight is 351 g/mol. The summed E-state index contributed by atoms with van der Waals surface area (Å²) in [6, 6.07) is 33.8. The average Bonchev–Trinajstić information content (AvgIpc) is 2.64. The molecule has 3 aromatic carbocycles. The molecule has 3 aromatic rings. The smallest absolute Gasteiger partial charge is 0.0952 e. The minimum Gasteiger partial charge on any atom is -0.0958 e. The third-order valence-corrected chi connectivity index (χ3v) is 26.4. The lowest BCUT2D eigenvalue weighted by molar-refractivity contribution is 1.75. The van der Waals surface area contributed by atoms with Gasteiger partial charge in [-0.2, -0.15) is 0 Å². The lowest BCUT2D eigenvalue weighted by atomic mass is 10.4. The fourth-order valence-corrected chi connectivity index (χ4v) is 25.3. The molecule has 0 spiro atoms. The van der Waals surface area contributed by atoms with E-state index < -0.39 is 16.9 Å². The Morgan fingerprint density at radius 1 is 0.522 bits per heavy atom. The van der Waals surface area contributed by atoms with Gasteiger partial charge in [-0.25, -0.2) is 0 Å². The van der Waals surface area contributed by atoms with Crippen LogP contribution in [0.2, 0.25) is 13.1 Å². The van der Waals surface area contributed by atoms with E-state index in [4.69, 9.17) is 0 Å². The molecule has 0 N–H and O–H groups in total. The second kappa shape index (κ2) is 7.87. The molecule has 0 saturated carbocycles. The van der Waals surface area contributed by atoms with Crippen LogP contribution in [0.1, 0.15) is 0 Å². The van der Waals surface area contributed by atoms with Crippen LogP contribution in [0.5, 0.6) is 0 Å². The van der Waals surface area contributed by atoms with Crippen LogP contribution in [0.25, 0.3) is 0 Å². The lowest BCUT2D eigenvalue weighted by Crippen LogP contribution is -2.39. The molecule has 0 aliphatic heterocycles. The van der Waals surface area contributed by atoms with Crippen LogP contribution >= 0.6 is 7.02 Å². The van der Waals surface area contributed by atoms with Gasteiger partial charge in [-0.15, -0.1) is 0 Å². The van der Waals surface area contributed by atoms with E-state index in [2.05, 4.69) is 104 Å². The van der Waals surface area contributed by atoms with Crippen molar-refractivity contribution in [1.82, 2.24) is 0 Å². The standard InChI is InChI=1S/C20H23PSi2/c1-22(19-14-8-4-9-15-19)21(18-12-6-3-7-13-18)23(2)20-16-10-5-11-17-20/h3-17,22-23H,1-2H3. The van der Waals surface area contributed by atoms with E-state index in [1.54, 1.807) is 15.7 Å². The van der Waals surface area contributed by atoms with E-state index >= 15 is 0 Å². The highest BCUT2D eigenvalue weighted by Gasteiger charge is 2.28. The summed E-state index contributed by atoms with van der Waals surface area (Å²) in [5.41, 5.74) is 0. The molecule has 116 valence electrons. The van der Waals surface area contributed by atoms with E-state index in [9.17, 15) is 0 Å². The van der Waals surface area contributed by atoms with Gasteiger partial charge in [-0.1, -0.05) is 121 Å². The van der Waals surface area contributed by atoms with E-state index in [1.807, 2.05) is 0 Å². The lowest BCUT2D eigenvalue weighted by Gasteiger charge is -2.30. The summed E-state index contributed by atoms with van der Waals surface area (Å²) >= 11 is 0. The maximum atomic E-state index is 2.56. The Balaban J connectivity index is 2.01. The second-order valence-corrected chi connectivity index (χ2v) is 21.1. The van der Waals surface area contributed by atoms with Gasteiger partial charge in [0.2, 0.25) is 0 Å². The Hall–Kier alpha value is -1.48. The largest absolute Gasteiger partial charge is 0.0958 e. The number of benzene rings is 3. The van der Waals surface area contributed by atoms with E-state index in [-0.39, 0.29) is 7.02 Å². The first-order valence-electron chi connectivity index (χ1n) is 8.20. The highest BCUT2D eigenvalue weighted by molar-refractivity contribution is 8.19. The predicted molar refractivity (Wildman–Crippen MR) is 111 cm³/mol. The van der Waals surface area contributed by atoms with Crippen molar-refractivity contribution in [3.8, 4) is 0 Å². The van der Waals surface area contributed by atoms with Crippen molar-refractivity contribution in [2.24, 2.45) is 0 Å². The molecule has 0 amide bonds. The van der Waals surface area contributed by atoms with E-state index in [0.29, 0.717) is 0 Å². The Bertz CT molecular complexity index is 671. The van der Waals surface area contributed by atoms with Gasteiger partial charge in [-0.3, -0.25) is 0 Å². The van der Waals surface area contributed by atoms with Gasteiger partial charge in [0.15, 0.2) is 0 Å². The van der Waals surface area contributed by atoms with Crippen LogP contribution in [0.15, 0.2) is 91.0 Å². The molecule has 23 heavy (non-hydrogen) atoms. The molecule has 0 aromatic heterocycles. The predicted octanol–water partition coefficient (Wildman–Crippen LogP) is 3.32. The molecule has 0 heterocycles. The highest BCUT2D eigenvalue weighted by Crippen LogP contribution is 2.40. The molecular formula is C20H23PSi2. The van der Waals surface area contributed by atoms with Gasteiger partial charge in [-0.05, 0) is 5.30 Å². The molecule has 2 atom stereocenters. The van der Waals surface area contributed by atoms with Crippen LogP contribution in [0.4, 0.5) is 0 Å². The maximum absolute atomic E-state index is 2.56. The van der Waals surface area contributed by atoms with Gasteiger partial charge < -0.3 is 0 Å². The maximum Gasteiger partial charge on any atom is 0.0952 e. The van der Waals surface area contributed by atoms with E-state index in [0.717, 1.165) is 0 Å². The normalized spacial score (nSPS) is 14.9. The first-order chi connectivity index (χ1) is 11.3. The van der Waals surface area contributed by atoms with E-state index in [1.165, 1.54) is 0 Å². The monoisotopic (exact) mass is 350 g/mol. The molecule has 3 rings (SSSR count). The first kappa shape index (κ1) is 16.4. The summed E-state index contributed by atoms with van der Waals surface area (Å²) in [5.74, 6) is 0. The van der Waals surface area contributed by atoms with Crippen molar-refractivity contribution in [3.63, 3.8) is 0 Å². The summed E-state index contributed by atoms with van der Waals surface area (Å²) in [5, 5.41) is 4.82. The van der Waals surface area contributed by atoms with Crippen LogP contribution in [-0.2, 0) is 0 Å².